The highest BCUT2D eigenvalue weighted by molar-refractivity contribution is 7.94. The number of alkyl halides is 12. The number of halogens is 12. The van der Waals surface area contributed by atoms with Gasteiger partial charge in [-0.15, -0.1) is 4.33 Å². The largest absolute Gasteiger partial charge is 0.465 e. The zero-order valence-electron chi connectivity index (χ0n) is 19.2. The van der Waals surface area contributed by atoms with Crippen LogP contribution in [-0.2, 0) is 28.4 Å². The molecule has 1 N–H and O–H groups in total. The molecule has 0 fully saturated rings. The van der Waals surface area contributed by atoms with Crippen molar-refractivity contribution in [3.63, 3.8) is 0 Å². The fourth-order valence-electron chi connectivity index (χ4n) is 2.46. The monoisotopic (exact) mass is 610 g/mol. The first-order valence-corrected chi connectivity index (χ1v) is 11.2. The average Bonchev–Trinajstić information content (AvgIpc) is 2.81. The molecule has 0 saturated heterocycles. The summed E-state index contributed by atoms with van der Waals surface area (Å²) in [4.78, 5) is 23.9. The average molecular weight is 610 g/mol. The Morgan fingerprint density at radius 3 is 1.92 bits per heavy atom. The Hall–Kier alpha value is -1.67. The lowest BCUT2D eigenvalue weighted by Crippen LogP contribution is -2.69. The van der Waals surface area contributed by atoms with Gasteiger partial charge in [-0.05, 0) is 6.42 Å². The smallest absolute Gasteiger partial charge is 0.384 e. The summed E-state index contributed by atoms with van der Waals surface area (Å²) in [5.41, 5.74) is 0. The molecule has 1 unspecified atom stereocenters. The van der Waals surface area contributed by atoms with E-state index in [1.807, 2.05) is 6.92 Å². The second-order valence-electron chi connectivity index (χ2n) is 7.57. The zero-order chi connectivity index (χ0) is 30.0. The summed E-state index contributed by atoms with van der Waals surface area (Å²) >= 11 is 0.154. The van der Waals surface area contributed by atoms with Crippen LogP contribution < -0.4 is 0 Å². The molecular weight excluding hydrogens is 588 g/mol. The topological polar surface area (TPSA) is 91.3 Å². The lowest BCUT2D eigenvalue weighted by molar-refractivity contribution is -0.432. The molecule has 0 bridgehead atoms. The zero-order valence-corrected chi connectivity index (χ0v) is 20.0. The van der Waals surface area contributed by atoms with Crippen molar-refractivity contribution in [1.82, 2.24) is 0 Å². The van der Waals surface area contributed by atoms with Crippen molar-refractivity contribution >= 4 is 24.0 Å². The van der Waals surface area contributed by atoms with Crippen molar-refractivity contribution < 1.29 is 86.4 Å². The van der Waals surface area contributed by atoms with E-state index in [4.69, 9.17) is 9.99 Å². The van der Waals surface area contributed by atoms with E-state index in [-0.39, 0.29) is 18.6 Å². The predicted octanol–water partition coefficient (Wildman–Crippen LogP) is 6.17. The highest BCUT2D eigenvalue weighted by Gasteiger charge is 2.87. The second-order valence-corrected chi connectivity index (χ2v) is 8.27. The van der Waals surface area contributed by atoms with Crippen LogP contribution in [0.3, 0.4) is 0 Å². The van der Waals surface area contributed by atoms with E-state index in [0.29, 0.717) is 12.8 Å². The molecule has 0 saturated carbocycles. The third-order valence-corrected chi connectivity index (χ3v) is 5.39. The summed E-state index contributed by atoms with van der Waals surface area (Å²) in [5.74, 6) is -42.0. The number of carbonyl (C=O) groups excluding carboxylic acids is 2. The van der Waals surface area contributed by atoms with E-state index in [1.165, 1.54) is 0 Å². The molecule has 0 rings (SSSR count). The maximum absolute atomic E-state index is 13.8. The molecule has 0 radical (unpaired) electrons. The summed E-state index contributed by atoms with van der Waals surface area (Å²) in [6.45, 7) is -1.41. The van der Waals surface area contributed by atoms with E-state index < -0.39 is 72.7 Å². The second kappa shape index (κ2) is 14.6. The lowest BCUT2D eigenvalue weighted by Gasteiger charge is -2.38. The summed E-state index contributed by atoms with van der Waals surface area (Å²) in [6, 6.07) is 0. The van der Waals surface area contributed by atoms with Gasteiger partial charge < -0.3 is 9.47 Å². The molecular formula is C18H22F12O7S. The first kappa shape index (κ1) is 36.3. The van der Waals surface area contributed by atoms with Crippen molar-refractivity contribution in [3.05, 3.63) is 0 Å². The molecule has 0 aliphatic rings. The number of hydrogen-bond acceptors (Lipinski definition) is 8. The molecule has 7 nitrogen and oxygen atoms in total. The molecule has 0 aliphatic heterocycles. The van der Waals surface area contributed by atoms with Crippen LogP contribution in [0.2, 0.25) is 0 Å². The Morgan fingerprint density at radius 1 is 0.842 bits per heavy atom. The van der Waals surface area contributed by atoms with Crippen molar-refractivity contribution in [2.45, 2.75) is 75.1 Å². The van der Waals surface area contributed by atoms with Crippen LogP contribution in [0.25, 0.3) is 0 Å². The van der Waals surface area contributed by atoms with E-state index >= 15 is 0 Å². The van der Waals surface area contributed by atoms with Gasteiger partial charge in [-0.3, -0.25) is 9.59 Å². The van der Waals surface area contributed by atoms with Crippen molar-refractivity contribution in [3.8, 4) is 0 Å². The van der Waals surface area contributed by atoms with E-state index in [1.54, 1.807) is 0 Å². The highest BCUT2D eigenvalue weighted by Crippen LogP contribution is 2.58. The third kappa shape index (κ3) is 8.67. The molecule has 1 atom stereocenters. The van der Waals surface area contributed by atoms with Gasteiger partial charge in [-0.2, -0.15) is 43.9 Å². The Kier molecular flexibility index (Phi) is 14.0. The summed E-state index contributed by atoms with van der Waals surface area (Å²) in [5, 5.41) is 11.3. The first-order chi connectivity index (χ1) is 17.2. The van der Waals surface area contributed by atoms with Gasteiger partial charge in [0.2, 0.25) is 0 Å². The van der Waals surface area contributed by atoms with Gasteiger partial charge in [-0.25, -0.2) is 14.0 Å². The van der Waals surface area contributed by atoms with Crippen LogP contribution in [0.15, 0.2) is 0 Å². The molecule has 0 aromatic carbocycles. The van der Waals surface area contributed by atoms with Crippen LogP contribution in [0.1, 0.15) is 39.0 Å². The number of hydrogen-bond donors (Lipinski definition) is 1. The Bertz CT molecular complexity index is 755. The minimum absolute atomic E-state index is 0.154. The van der Waals surface area contributed by atoms with Crippen LogP contribution in [0, 0.1) is 5.92 Å². The van der Waals surface area contributed by atoms with Crippen molar-refractivity contribution in [2.24, 2.45) is 5.92 Å². The lowest BCUT2D eigenvalue weighted by atomic mass is 9.94. The van der Waals surface area contributed by atoms with Crippen molar-refractivity contribution in [2.75, 3.05) is 19.0 Å². The van der Waals surface area contributed by atoms with Gasteiger partial charge in [0.1, 0.15) is 0 Å². The fourth-order valence-corrected chi connectivity index (χ4v) is 2.97. The first-order valence-electron chi connectivity index (χ1n) is 10.3. The SMILES string of the molecule is CCCCCCOC(=O)C(CSOOO)CC(=O)OCC(F)(F)C(F)(F)C(F)(F)C(F)(F)C(F)(F)C(F)F. The van der Waals surface area contributed by atoms with Crippen molar-refractivity contribution in [1.29, 1.82) is 0 Å². The molecule has 20 heteroatoms. The van der Waals surface area contributed by atoms with Gasteiger partial charge in [0, 0.05) is 17.8 Å². The fraction of sp³-hybridized carbons (Fsp3) is 0.889. The molecule has 0 aromatic heterocycles. The van der Waals surface area contributed by atoms with Gasteiger partial charge in [0.15, 0.2) is 6.61 Å². The number of carbonyl (C=O) groups is 2. The standard InChI is InChI=1S/C18H22F12O7S/c1-2-3-4-5-6-34-12(32)10(8-38-37-36-33)7-11(31)35-9-14(21,22)16(25,26)18(29,30)17(27,28)15(23,24)13(19)20/h10,13,33H,2-9H2,1H3. The normalized spacial score (nSPS) is 14.5. The van der Waals surface area contributed by atoms with Gasteiger partial charge in [-0.1, -0.05) is 31.2 Å². The van der Waals surface area contributed by atoms with Crippen LogP contribution in [0.5, 0.6) is 0 Å². The summed E-state index contributed by atoms with van der Waals surface area (Å²) in [7, 11) is 0. The quantitative estimate of drug-likeness (QED) is 0.0464. The molecule has 0 heterocycles. The minimum Gasteiger partial charge on any atom is -0.465 e. The maximum Gasteiger partial charge on any atom is 0.384 e. The molecule has 38 heavy (non-hydrogen) atoms. The van der Waals surface area contributed by atoms with Crippen LogP contribution in [0.4, 0.5) is 52.7 Å². The predicted molar refractivity (Wildman–Crippen MR) is 102 cm³/mol. The third-order valence-electron chi connectivity index (χ3n) is 4.69. The number of rotatable bonds is 19. The molecule has 0 amide bonds. The number of esters is 2. The van der Waals surface area contributed by atoms with Crippen LogP contribution in [-0.4, -0.2) is 72.2 Å². The van der Waals surface area contributed by atoms with Crippen LogP contribution >= 0.6 is 12.0 Å². The Labute approximate surface area is 211 Å². The maximum atomic E-state index is 13.8. The minimum atomic E-state index is -7.77. The van der Waals surface area contributed by atoms with Gasteiger partial charge >= 0.3 is 48.0 Å². The Balaban J connectivity index is 5.47. The molecule has 0 spiro atoms. The number of unbranched alkanes of at least 4 members (excludes halogenated alkanes) is 3. The van der Waals surface area contributed by atoms with Gasteiger partial charge in [0.05, 0.1) is 18.9 Å². The summed E-state index contributed by atoms with van der Waals surface area (Å²) < 4.78 is 171. The number of ether oxygens (including phenoxy) is 2. The van der Waals surface area contributed by atoms with E-state index in [0.717, 1.165) is 12.8 Å². The van der Waals surface area contributed by atoms with Gasteiger partial charge in [0.25, 0.3) is 0 Å². The molecule has 226 valence electrons. The highest BCUT2D eigenvalue weighted by atomic mass is 32.2. The molecule has 0 aromatic rings. The summed E-state index contributed by atoms with van der Waals surface area (Å²) in [6.07, 6.45) is -4.33. The van der Waals surface area contributed by atoms with E-state index in [2.05, 4.69) is 14.1 Å². The molecule has 0 aliphatic carbocycles. The Morgan fingerprint density at radius 2 is 1.42 bits per heavy atom. The van der Waals surface area contributed by atoms with E-state index in [9.17, 15) is 62.3 Å².